The summed E-state index contributed by atoms with van der Waals surface area (Å²) in [6.45, 7) is 5.61. The van der Waals surface area contributed by atoms with Crippen molar-refractivity contribution in [2.24, 2.45) is 0 Å². The predicted octanol–water partition coefficient (Wildman–Crippen LogP) is 1.64. The Morgan fingerprint density at radius 1 is 1.53 bits per heavy atom. The molecule has 0 aliphatic rings. The van der Waals surface area contributed by atoms with Gasteiger partial charge in [0, 0.05) is 11.7 Å². The minimum absolute atomic E-state index is 0.123. The number of pyridine rings is 1. The standard InChI is InChI=1S/C12H15N3O2/c1-12(2,3)15(8-11(16)17)10-5-4-9(6-13)7-14-10/h4-5,7H,8H2,1-3H3,(H,16,17). The summed E-state index contributed by atoms with van der Waals surface area (Å²) in [7, 11) is 0. The first-order chi connectivity index (χ1) is 7.84. The molecule has 0 saturated heterocycles. The minimum Gasteiger partial charge on any atom is -0.480 e. The van der Waals surface area contributed by atoms with E-state index in [1.165, 1.54) is 6.20 Å². The average Bonchev–Trinajstić information content (AvgIpc) is 2.24. The molecule has 1 N–H and O–H groups in total. The summed E-state index contributed by atoms with van der Waals surface area (Å²) in [5, 5.41) is 17.6. The van der Waals surface area contributed by atoms with Crippen LogP contribution in [0.2, 0.25) is 0 Å². The first-order valence-corrected chi connectivity index (χ1v) is 5.20. The largest absolute Gasteiger partial charge is 0.480 e. The Bertz CT molecular complexity index is 440. The highest BCUT2D eigenvalue weighted by atomic mass is 16.4. The lowest BCUT2D eigenvalue weighted by Gasteiger charge is -2.35. The maximum absolute atomic E-state index is 10.8. The zero-order chi connectivity index (χ0) is 13.1. The van der Waals surface area contributed by atoms with Gasteiger partial charge >= 0.3 is 5.97 Å². The quantitative estimate of drug-likeness (QED) is 0.858. The highest BCUT2D eigenvalue weighted by Crippen LogP contribution is 2.21. The van der Waals surface area contributed by atoms with Crippen LogP contribution >= 0.6 is 0 Å². The Labute approximate surface area is 100 Å². The fourth-order valence-electron chi connectivity index (χ4n) is 1.41. The van der Waals surface area contributed by atoms with Gasteiger partial charge in [-0.05, 0) is 32.9 Å². The van der Waals surface area contributed by atoms with Gasteiger partial charge in [-0.3, -0.25) is 4.79 Å². The third-order valence-corrected chi connectivity index (χ3v) is 2.26. The third-order valence-electron chi connectivity index (χ3n) is 2.26. The van der Waals surface area contributed by atoms with E-state index in [4.69, 9.17) is 10.4 Å². The Morgan fingerprint density at radius 3 is 2.53 bits per heavy atom. The molecule has 1 aromatic heterocycles. The van der Waals surface area contributed by atoms with Crippen LogP contribution in [-0.2, 0) is 4.79 Å². The molecule has 5 heteroatoms. The zero-order valence-electron chi connectivity index (χ0n) is 10.1. The Morgan fingerprint density at radius 2 is 2.18 bits per heavy atom. The number of carboxylic acids is 1. The van der Waals surface area contributed by atoms with Crippen molar-refractivity contribution in [3.8, 4) is 6.07 Å². The van der Waals surface area contributed by atoms with Crippen molar-refractivity contribution < 1.29 is 9.90 Å². The van der Waals surface area contributed by atoms with Crippen LogP contribution in [0.15, 0.2) is 18.3 Å². The highest BCUT2D eigenvalue weighted by molar-refractivity contribution is 5.73. The molecule has 1 aromatic rings. The molecule has 1 rings (SSSR count). The number of hydrogen-bond acceptors (Lipinski definition) is 4. The monoisotopic (exact) mass is 233 g/mol. The minimum atomic E-state index is -0.911. The van der Waals surface area contributed by atoms with Crippen LogP contribution < -0.4 is 4.90 Å². The van der Waals surface area contributed by atoms with E-state index in [1.54, 1.807) is 17.0 Å². The molecular formula is C12H15N3O2. The average molecular weight is 233 g/mol. The number of carboxylic acid groups (broad SMARTS) is 1. The molecule has 0 bridgehead atoms. The van der Waals surface area contributed by atoms with Crippen molar-refractivity contribution in [3.63, 3.8) is 0 Å². The molecular weight excluding hydrogens is 218 g/mol. The molecule has 17 heavy (non-hydrogen) atoms. The summed E-state index contributed by atoms with van der Waals surface area (Å²) in [6.07, 6.45) is 1.44. The van der Waals surface area contributed by atoms with Crippen LogP contribution in [-0.4, -0.2) is 28.1 Å². The van der Waals surface area contributed by atoms with Gasteiger partial charge in [-0.15, -0.1) is 0 Å². The molecule has 0 spiro atoms. The lowest BCUT2D eigenvalue weighted by molar-refractivity contribution is -0.135. The Balaban J connectivity index is 3.05. The van der Waals surface area contributed by atoms with Gasteiger partial charge in [0.05, 0.1) is 5.56 Å². The number of carbonyl (C=O) groups is 1. The van der Waals surface area contributed by atoms with Crippen molar-refractivity contribution in [1.29, 1.82) is 5.26 Å². The molecule has 5 nitrogen and oxygen atoms in total. The maximum Gasteiger partial charge on any atom is 0.323 e. The first-order valence-electron chi connectivity index (χ1n) is 5.20. The van der Waals surface area contributed by atoms with Crippen molar-refractivity contribution in [3.05, 3.63) is 23.9 Å². The van der Waals surface area contributed by atoms with Gasteiger partial charge in [0.1, 0.15) is 18.4 Å². The number of nitriles is 1. The summed E-state index contributed by atoms with van der Waals surface area (Å²) in [5.41, 5.74) is 0.109. The molecule has 0 radical (unpaired) electrons. The molecule has 0 aliphatic carbocycles. The topological polar surface area (TPSA) is 77.2 Å². The summed E-state index contributed by atoms with van der Waals surface area (Å²) < 4.78 is 0. The van der Waals surface area contributed by atoms with Crippen molar-refractivity contribution in [2.75, 3.05) is 11.4 Å². The number of hydrogen-bond donors (Lipinski definition) is 1. The molecule has 0 aromatic carbocycles. The van der Waals surface area contributed by atoms with Crippen LogP contribution in [0.4, 0.5) is 5.82 Å². The van der Waals surface area contributed by atoms with Crippen LogP contribution in [0.1, 0.15) is 26.3 Å². The highest BCUT2D eigenvalue weighted by Gasteiger charge is 2.24. The SMILES string of the molecule is CC(C)(C)N(CC(=O)O)c1ccc(C#N)cn1. The molecule has 0 atom stereocenters. The molecule has 0 fully saturated rings. The van der Waals surface area contributed by atoms with Gasteiger partial charge in [-0.1, -0.05) is 0 Å². The number of rotatable bonds is 3. The second-order valence-electron chi connectivity index (χ2n) is 4.67. The lowest BCUT2D eigenvalue weighted by atomic mass is 10.1. The molecule has 0 aliphatic heterocycles. The van der Waals surface area contributed by atoms with E-state index in [-0.39, 0.29) is 12.1 Å². The first kappa shape index (κ1) is 13.0. The van der Waals surface area contributed by atoms with E-state index in [1.807, 2.05) is 26.8 Å². The molecule has 0 amide bonds. The van der Waals surface area contributed by atoms with Crippen molar-refractivity contribution in [1.82, 2.24) is 4.98 Å². The summed E-state index contributed by atoms with van der Waals surface area (Å²) in [6, 6.07) is 5.26. The van der Waals surface area contributed by atoms with E-state index in [0.717, 1.165) is 0 Å². The van der Waals surface area contributed by atoms with Gasteiger partial charge in [0.2, 0.25) is 0 Å². The Hall–Kier alpha value is -2.09. The smallest absolute Gasteiger partial charge is 0.323 e. The number of nitrogens with zero attached hydrogens (tertiary/aromatic N) is 3. The number of aliphatic carboxylic acids is 1. The fourth-order valence-corrected chi connectivity index (χ4v) is 1.41. The Kier molecular flexibility index (Phi) is 3.69. The predicted molar refractivity (Wildman–Crippen MR) is 63.7 cm³/mol. The van der Waals surface area contributed by atoms with Gasteiger partial charge in [0.25, 0.3) is 0 Å². The maximum atomic E-state index is 10.8. The van der Waals surface area contributed by atoms with Gasteiger partial charge in [-0.2, -0.15) is 5.26 Å². The van der Waals surface area contributed by atoms with E-state index in [0.29, 0.717) is 11.4 Å². The van der Waals surface area contributed by atoms with Crippen LogP contribution in [0.25, 0.3) is 0 Å². The van der Waals surface area contributed by atoms with Crippen LogP contribution in [0.3, 0.4) is 0 Å². The summed E-state index contributed by atoms with van der Waals surface area (Å²) >= 11 is 0. The van der Waals surface area contributed by atoms with Crippen LogP contribution in [0.5, 0.6) is 0 Å². The van der Waals surface area contributed by atoms with E-state index >= 15 is 0 Å². The second kappa shape index (κ2) is 4.83. The molecule has 0 saturated carbocycles. The van der Waals surface area contributed by atoms with Crippen LogP contribution in [0, 0.1) is 11.3 Å². The van der Waals surface area contributed by atoms with Gasteiger partial charge in [-0.25, -0.2) is 4.98 Å². The van der Waals surface area contributed by atoms with Crippen molar-refractivity contribution in [2.45, 2.75) is 26.3 Å². The van der Waals surface area contributed by atoms with Gasteiger partial charge in [0.15, 0.2) is 0 Å². The molecule has 90 valence electrons. The lowest BCUT2D eigenvalue weighted by Crippen LogP contribution is -2.45. The van der Waals surface area contributed by atoms with E-state index < -0.39 is 5.97 Å². The van der Waals surface area contributed by atoms with Crippen molar-refractivity contribution >= 4 is 11.8 Å². The summed E-state index contributed by atoms with van der Waals surface area (Å²) in [4.78, 5) is 16.6. The molecule has 1 heterocycles. The van der Waals surface area contributed by atoms with E-state index in [9.17, 15) is 4.79 Å². The molecule has 0 unspecified atom stereocenters. The number of aromatic nitrogens is 1. The third kappa shape index (κ3) is 3.45. The summed E-state index contributed by atoms with van der Waals surface area (Å²) in [5.74, 6) is -0.356. The fraction of sp³-hybridized carbons (Fsp3) is 0.417. The number of anilines is 1. The second-order valence-corrected chi connectivity index (χ2v) is 4.67. The van der Waals surface area contributed by atoms with Gasteiger partial charge < -0.3 is 10.0 Å². The zero-order valence-corrected chi connectivity index (χ0v) is 10.1. The van der Waals surface area contributed by atoms with E-state index in [2.05, 4.69) is 4.98 Å². The normalized spacial score (nSPS) is 10.7.